The van der Waals surface area contributed by atoms with Crippen LogP contribution < -0.4 is 4.74 Å². The number of carbonyl (C=O) groups is 2. The number of hydrogen-bond acceptors (Lipinski definition) is 5. The molecular formula is C32H32N4O3. The lowest BCUT2D eigenvalue weighted by Crippen LogP contribution is -2.43. The average molecular weight is 521 g/mol. The van der Waals surface area contributed by atoms with E-state index in [1.165, 1.54) is 4.90 Å². The van der Waals surface area contributed by atoms with Crippen LogP contribution in [0.15, 0.2) is 65.4 Å². The van der Waals surface area contributed by atoms with Crippen molar-refractivity contribution in [2.45, 2.75) is 59.5 Å². The van der Waals surface area contributed by atoms with Crippen molar-refractivity contribution in [3.8, 4) is 28.8 Å². The van der Waals surface area contributed by atoms with Crippen LogP contribution in [0.2, 0.25) is 0 Å². The van der Waals surface area contributed by atoms with E-state index in [2.05, 4.69) is 26.0 Å². The van der Waals surface area contributed by atoms with Gasteiger partial charge in [-0.15, -0.1) is 0 Å². The second-order valence-corrected chi connectivity index (χ2v) is 10.3. The molecule has 1 unspecified atom stereocenters. The first-order chi connectivity index (χ1) is 18.8. The number of para-hydroxylation sites is 1. The fourth-order valence-electron chi connectivity index (χ4n) is 5.29. The number of amides is 2. The topological polar surface area (TPSA) is 88.2 Å². The van der Waals surface area contributed by atoms with Crippen LogP contribution in [-0.4, -0.2) is 39.1 Å². The maximum Gasteiger partial charge on any atom is 0.271 e. The van der Waals surface area contributed by atoms with E-state index in [1.54, 1.807) is 17.7 Å². The maximum absolute atomic E-state index is 13.6. The average Bonchev–Trinajstić information content (AvgIpc) is 3.52. The molecule has 2 amide bonds. The number of carbonyl (C=O) groups excluding carboxylic acids is 2. The van der Waals surface area contributed by atoms with Crippen LogP contribution in [0.1, 0.15) is 56.7 Å². The molecule has 7 nitrogen and oxygen atoms in total. The number of unbranched alkanes of at least 4 members (excludes halogenated alkanes) is 2. The third kappa shape index (κ3) is 4.90. The summed E-state index contributed by atoms with van der Waals surface area (Å²) >= 11 is 0. The van der Waals surface area contributed by atoms with Crippen LogP contribution >= 0.6 is 0 Å². The molecule has 2 aromatic carbocycles. The Morgan fingerprint density at radius 2 is 1.90 bits per heavy atom. The first-order valence-electron chi connectivity index (χ1n) is 13.5. The minimum atomic E-state index is -0.517. The van der Waals surface area contributed by atoms with Gasteiger partial charge >= 0.3 is 0 Å². The Balaban J connectivity index is 1.66. The Morgan fingerprint density at radius 1 is 1.13 bits per heavy atom. The number of fused-ring (bicyclic) bond motifs is 1. The molecule has 39 heavy (non-hydrogen) atoms. The number of imide groups is 1. The fraction of sp³-hybridized carbons (Fsp3) is 0.312. The van der Waals surface area contributed by atoms with E-state index in [4.69, 9.17) is 9.84 Å². The third-order valence-corrected chi connectivity index (χ3v) is 7.33. The Labute approximate surface area is 229 Å². The first-order valence-corrected chi connectivity index (χ1v) is 13.5. The van der Waals surface area contributed by atoms with Crippen molar-refractivity contribution in [3.05, 3.63) is 82.1 Å². The number of nitriles is 1. The predicted molar refractivity (Wildman–Crippen MR) is 150 cm³/mol. The lowest BCUT2D eigenvalue weighted by molar-refractivity contribution is -0.140. The molecule has 0 radical (unpaired) electrons. The zero-order chi connectivity index (χ0) is 27.7. The lowest BCUT2D eigenvalue weighted by Gasteiger charge is -2.27. The van der Waals surface area contributed by atoms with Crippen LogP contribution in [0.4, 0.5) is 0 Å². The molecule has 2 aliphatic heterocycles. The summed E-state index contributed by atoms with van der Waals surface area (Å²) in [7, 11) is 0. The Morgan fingerprint density at radius 3 is 2.62 bits per heavy atom. The molecule has 7 heteroatoms. The molecule has 0 spiro atoms. The number of rotatable bonds is 7. The lowest BCUT2D eigenvalue weighted by atomic mass is 9.92. The molecule has 0 saturated heterocycles. The summed E-state index contributed by atoms with van der Waals surface area (Å²) < 4.78 is 7.81. The highest BCUT2D eigenvalue weighted by Crippen LogP contribution is 2.38. The molecule has 3 aromatic rings. The van der Waals surface area contributed by atoms with Crippen molar-refractivity contribution >= 4 is 17.9 Å². The van der Waals surface area contributed by atoms with Crippen molar-refractivity contribution in [1.29, 1.82) is 5.26 Å². The van der Waals surface area contributed by atoms with Crippen LogP contribution in [0.25, 0.3) is 23.0 Å². The van der Waals surface area contributed by atoms with Crippen molar-refractivity contribution < 1.29 is 14.3 Å². The Bertz CT molecular complexity index is 1560. The highest BCUT2D eigenvalue weighted by molar-refractivity contribution is 6.19. The van der Waals surface area contributed by atoms with Gasteiger partial charge in [0.15, 0.2) is 0 Å². The summed E-state index contributed by atoms with van der Waals surface area (Å²) in [5, 5.41) is 14.7. The second-order valence-electron chi connectivity index (χ2n) is 10.3. The summed E-state index contributed by atoms with van der Waals surface area (Å²) in [6.45, 7) is 8.12. The largest absolute Gasteiger partial charge is 0.490 e. The molecule has 0 saturated carbocycles. The molecule has 1 atom stereocenters. The van der Waals surface area contributed by atoms with Gasteiger partial charge in [-0.05, 0) is 74.2 Å². The zero-order valence-electron chi connectivity index (χ0n) is 22.8. The SMILES string of the molecule is CCCCCN1C(=O)C(C#N)=C(C)/C(=C\c2cn(-c3ccccc3)nc2-c2cc(C)c3c(c2)CC(C)O3)C1=O. The molecule has 5 rings (SSSR count). The number of hydrogen-bond donors (Lipinski definition) is 0. The molecule has 1 aromatic heterocycles. The van der Waals surface area contributed by atoms with Crippen LogP contribution in [0.3, 0.4) is 0 Å². The summed E-state index contributed by atoms with van der Waals surface area (Å²) in [6.07, 6.45) is 7.16. The molecule has 0 bridgehead atoms. The van der Waals surface area contributed by atoms with Gasteiger partial charge in [0.2, 0.25) is 0 Å². The van der Waals surface area contributed by atoms with Crippen LogP contribution in [0, 0.1) is 18.3 Å². The van der Waals surface area contributed by atoms with Gasteiger partial charge in [-0.25, -0.2) is 4.68 Å². The third-order valence-electron chi connectivity index (χ3n) is 7.33. The second kappa shape index (κ2) is 10.7. The van der Waals surface area contributed by atoms with Gasteiger partial charge < -0.3 is 4.74 Å². The van der Waals surface area contributed by atoms with Crippen molar-refractivity contribution in [2.75, 3.05) is 6.54 Å². The van der Waals surface area contributed by atoms with Gasteiger partial charge in [-0.3, -0.25) is 14.5 Å². The van der Waals surface area contributed by atoms with Gasteiger partial charge in [0.05, 0.1) is 11.4 Å². The standard InChI is InChI=1S/C32H32N4O3/c1-5-6-10-13-35-31(37)27(22(4)28(18-33)32(35)38)17-25-19-36(26-11-8-7-9-12-26)34-29(25)23-14-20(2)30-24(16-23)15-21(3)39-30/h7-9,11-12,14,16-17,19,21H,5-6,10,13,15H2,1-4H3/b27-17+. The van der Waals surface area contributed by atoms with E-state index in [1.807, 2.05) is 49.5 Å². The van der Waals surface area contributed by atoms with Crippen molar-refractivity contribution in [3.63, 3.8) is 0 Å². The normalized spacial score (nSPS) is 18.0. The summed E-state index contributed by atoms with van der Waals surface area (Å²) in [5.41, 5.74) is 6.16. The Kier molecular flexibility index (Phi) is 7.21. The van der Waals surface area contributed by atoms with E-state index in [-0.39, 0.29) is 17.6 Å². The molecule has 2 aliphatic rings. The molecule has 0 N–H and O–H groups in total. The molecule has 0 fully saturated rings. The van der Waals surface area contributed by atoms with Gasteiger partial charge in [0.1, 0.15) is 23.5 Å². The quantitative estimate of drug-likeness (QED) is 0.218. The van der Waals surface area contributed by atoms with Crippen molar-refractivity contribution in [2.24, 2.45) is 0 Å². The number of ether oxygens (including phenoxy) is 1. The number of aryl methyl sites for hydroxylation is 1. The highest BCUT2D eigenvalue weighted by Gasteiger charge is 2.35. The number of benzene rings is 2. The minimum absolute atomic E-state index is 0.00820. The van der Waals surface area contributed by atoms with E-state index in [0.29, 0.717) is 29.8 Å². The first kappa shape index (κ1) is 26.2. The summed E-state index contributed by atoms with van der Waals surface area (Å²) in [4.78, 5) is 27.8. The summed E-state index contributed by atoms with van der Waals surface area (Å²) in [6, 6.07) is 16.0. The smallest absolute Gasteiger partial charge is 0.271 e. The van der Waals surface area contributed by atoms with Gasteiger partial charge in [-0.1, -0.05) is 38.0 Å². The summed E-state index contributed by atoms with van der Waals surface area (Å²) in [5.74, 6) is 0.0324. The van der Waals surface area contributed by atoms with E-state index in [9.17, 15) is 14.9 Å². The Hall–Kier alpha value is -4.44. The molecule has 0 aliphatic carbocycles. The van der Waals surface area contributed by atoms with Crippen molar-refractivity contribution in [1.82, 2.24) is 14.7 Å². The minimum Gasteiger partial charge on any atom is -0.490 e. The molecular weight excluding hydrogens is 488 g/mol. The maximum atomic E-state index is 13.6. The zero-order valence-corrected chi connectivity index (χ0v) is 22.8. The van der Waals surface area contributed by atoms with E-state index < -0.39 is 5.91 Å². The van der Waals surface area contributed by atoms with Gasteiger partial charge in [0.25, 0.3) is 11.8 Å². The fourth-order valence-corrected chi connectivity index (χ4v) is 5.29. The molecule has 3 heterocycles. The van der Waals surface area contributed by atoms with E-state index in [0.717, 1.165) is 53.0 Å². The highest BCUT2D eigenvalue weighted by atomic mass is 16.5. The number of aromatic nitrogens is 2. The van der Waals surface area contributed by atoms with Gasteiger partial charge in [0, 0.05) is 35.9 Å². The number of nitrogens with zero attached hydrogens (tertiary/aromatic N) is 4. The predicted octanol–water partition coefficient (Wildman–Crippen LogP) is 5.95. The van der Waals surface area contributed by atoms with Crippen LogP contribution in [0.5, 0.6) is 5.75 Å². The monoisotopic (exact) mass is 520 g/mol. The molecule has 198 valence electrons. The van der Waals surface area contributed by atoms with E-state index >= 15 is 0 Å². The van der Waals surface area contributed by atoms with Crippen LogP contribution in [-0.2, 0) is 16.0 Å². The van der Waals surface area contributed by atoms with Gasteiger partial charge in [-0.2, -0.15) is 10.4 Å².